The molecule has 4 nitrogen and oxygen atoms in total. The Balaban J connectivity index is 2.92. The molecule has 1 aromatic carbocycles. The van der Waals surface area contributed by atoms with E-state index in [0.717, 1.165) is 0 Å². The lowest BCUT2D eigenvalue weighted by molar-refractivity contribution is 0.0177. The predicted molar refractivity (Wildman–Crippen MR) is 66.8 cm³/mol. The third-order valence-electron chi connectivity index (χ3n) is 2.38. The summed E-state index contributed by atoms with van der Waals surface area (Å²) in [5.41, 5.74) is 6.68. The standard InChI is InChI=1S/C11H16BrNO3/c1-16-7-2-3-9(13)8(6-7)11(15)10(14)4-5-12/h2-3,6,10-11,14-15H,4-5,13H2,1H3. The minimum absolute atomic E-state index is 0.446. The zero-order chi connectivity index (χ0) is 12.1. The Morgan fingerprint density at radius 3 is 2.69 bits per heavy atom. The lowest BCUT2D eigenvalue weighted by Gasteiger charge is -2.19. The second kappa shape index (κ2) is 6.08. The molecule has 0 saturated heterocycles. The van der Waals surface area contributed by atoms with Gasteiger partial charge in [0.05, 0.1) is 13.2 Å². The number of hydrogen-bond donors (Lipinski definition) is 3. The maximum atomic E-state index is 9.91. The van der Waals surface area contributed by atoms with Gasteiger partial charge in [0.15, 0.2) is 0 Å². The van der Waals surface area contributed by atoms with Gasteiger partial charge >= 0.3 is 0 Å². The third-order valence-corrected chi connectivity index (χ3v) is 2.84. The summed E-state index contributed by atoms with van der Waals surface area (Å²) in [7, 11) is 1.54. The minimum Gasteiger partial charge on any atom is -0.497 e. The SMILES string of the molecule is COc1ccc(N)c(C(O)C(O)CCBr)c1. The van der Waals surface area contributed by atoms with Crippen molar-refractivity contribution in [3.63, 3.8) is 0 Å². The first kappa shape index (κ1) is 13.3. The highest BCUT2D eigenvalue weighted by molar-refractivity contribution is 9.09. The van der Waals surface area contributed by atoms with Gasteiger partial charge in [-0.3, -0.25) is 0 Å². The second-order valence-corrected chi connectivity index (χ2v) is 4.28. The highest BCUT2D eigenvalue weighted by atomic mass is 79.9. The predicted octanol–water partition coefficient (Wildman–Crippen LogP) is 1.46. The molecule has 0 bridgehead atoms. The summed E-state index contributed by atoms with van der Waals surface area (Å²) in [4.78, 5) is 0. The Morgan fingerprint density at radius 2 is 2.12 bits per heavy atom. The Bertz CT molecular complexity index is 346. The Kier molecular flexibility index (Phi) is 5.05. The number of aliphatic hydroxyl groups is 2. The quantitative estimate of drug-likeness (QED) is 0.567. The third kappa shape index (κ3) is 3.10. The van der Waals surface area contributed by atoms with Crippen molar-refractivity contribution in [2.45, 2.75) is 18.6 Å². The molecule has 90 valence electrons. The molecule has 0 amide bonds. The van der Waals surface area contributed by atoms with E-state index in [1.807, 2.05) is 0 Å². The van der Waals surface area contributed by atoms with E-state index in [0.29, 0.717) is 28.8 Å². The number of rotatable bonds is 5. The molecule has 0 spiro atoms. The molecule has 0 heterocycles. The highest BCUT2D eigenvalue weighted by Crippen LogP contribution is 2.28. The smallest absolute Gasteiger partial charge is 0.119 e. The van der Waals surface area contributed by atoms with E-state index in [2.05, 4.69) is 15.9 Å². The normalized spacial score (nSPS) is 14.5. The lowest BCUT2D eigenvalue weighted by Crippen LogP contribution is -2.19. The van der Waals surface area contributed by atoms with Gasteiger partial charge in [0, 0.05) is 16.6 Å². The summed E-state index contributed by atoms with van der Waals surface area (Å²) in [6.07, 6.45) is -1.38. The van der Waals surface area contributed by atoms with Crippen LogP contribution < -0.4 is 10.5 Å². The van der Waals surface area contributed by atoms with Crippen LogP contribution in [0.4, 0.5) is 5.69 Å². The molecule has 4 N–H and O–H groups in total. The molecule has 0 fully saturated rings. The number of nitrogens with two attached hydrogens (primary N) is 1. The van der Waals surface area contributed by atoms with Crippen molar-refractivity contribution in [3.8, 4) is 5.75 Å². The van der Waals surface area contributed by atoms with E-state index in [1.165, 1.54) is 7.11 Å². The van der Waals surface area contributed by atoms with Gasteiger partial charge in [-0.05, 0) is 24.6 Å². The van der Waals surface area contributed by atoms with Gasteiger partial charge in [0.2, 0.25) is 0 Å². The molecule has 0 radical (unpaired) electrons. The van der Waals surface area contributed by atoms with E-state index >= 15 is 0 Å². The minimum atomic E-state index is -0.993. The van der Waals surface area contributed by atoms with Gasteiger partial charge in [0.1, 0.15) is 11.9 Å². The first-order valence-corrected chi connectivity index (χ1v) is 6.07. The largest absolute Gasteiger partial charge is 0.497 e. The van der Waals surface area contributed by atoms with Crippen molar-refractivity contribution >= 4 is 21.6 Å². The van der Waals surface area contributed by atoms with Crippen molar-refractivity contribution in [2.24, 2.45) is 0 Å². The number of ether oxygens (including phenoxy) is 1. The molecule has 1 rings (SSSR count). The number of nitrogen functional groups attached to an aromatic ring is 1. The van der Waals surface area contributed by atoms with E-state index < -0.39 is 12.2 Å². The van der Waals surface area contributed by atoms with Gasteiger partial charge in [0.25, 0.3) is 0 Å². The molecule has 0 saturated carbocycles. The van der Waals surface area contributed by atoms with Crippen molar-refractivity contribution in [2.75, 3.05) is 18.2 Å². The van der Waals surface area contributed by atoms with Crippen LogP contribution in [0.25, 0.3) is 0 Å². The fourth-order valence-electron chi connectivity index (χ4n) is 1.41. The average molecular weight is 290 g/mol. The highest BCUT2D eigenvalue weighted by Gasteiger charge is 2.20. The summed E-state index contributed by atoms with van der Waals surface area (Å²) in [5.74, 6) is 0.606. The Hall–Kier alpha value is -0.780. The Labute approximate surface area is 103 Å². The first-order valence-electron chi connectivity index (χ1n) is 4.95. The van der Waals surface area contributed by atoms with Crippen LogP contribution >= 0.6 is 15.9 Å². The number of halogens is 1. The summed E-state index contributed by atoms with van der Waals surface area (Å²) in [5, 5.41) is 20.2. The van der Waals surface area contributed by atoms with Gasteiger partial charge in [-0.25, -0.2) is 0 Å². The van der Waals surface area contributed by atoms with Crippen LogP contribution in [-0.4, -0.2) is 28.8 Å². The van der Waals surface area contributed by atoms with E-state index in [9.17, 15) is 10.2 Å². The van der Waals surface area contributed by atoms with Crippen LogP contribution in [0, 0.1) is 0 Å². The second-order valence-electron chi connectivity index (χ2n) is 3.48. The maximum Gasteiger partial charge on any atom is 0.119 e. The van der Waals surface area contributed by atoms with Crippen LogP contribution in [-0.2, 0) is 0 Å². The molecule has 5 heteroatoms. The fourth-order valence-corrected chi connectivity index (χ4v) is 1.88. The molecular weight excluding hydrogens is 274 g/mol. The molecule has 2 atom stereocenters. The number of anilines is 1. The van der Waals surface area contributed by atoms with Crippen molar-refractivity contribution < 1.29 is 14.9 Å². The number of alkyl halides is 1. The monoisotopic (exact) mass is 289 g/mol. The van der Waals surface area contributed by atoms with E-state index in [1.54, 1.807) is 18.2 Å². The van der Waals surface area contributed by atoms with Gasteiger partial charge in [-0.2, -0.15) is 0 Å². The lowest BCUT2D eigenvalue weighted by atomic mass is 10.0. The number of methoxy groups -OCH3 is 1. The van der Waals surface area contributed by atoms with Crippen LogP contribution in [0.1, 0.15) is 18.1 Å². The van der Waals surface area contributed by atoms with Crippen LogP contribution in [0.5, 0.6) is 5.75 Å². The molecular formula is C11H16BrNO3. The van der Waals surface area contributed by atoms with Crippen molar-refractivity contribution in [3.05, 3.63) is 23.8 Å². The van der Waals surface area contributed by atoms with Gasteiger partial charge in [-0.15, -0.1) is 0 Å². The number of benzene rings is 1. The van der Waals surface area contributed by atoms with Crippen LogP contribution in [0.3, 0.4) is 0 Å². The fraction of sp³-hybridized carbons (Fsp3) is 0.455. The zero-order valence-corrected chi connectivity index (χ0v) is 10.6. The van der Waals surface area contributed by atoms with Crippen LogP contribution in [0.15, 0.2) is 18.2 Å². The molecule has 0 aliphatic carbocycles. The molecule has 2 unspecified atom stereocenters. The topological polar surface area (TPSA) is 75.7 Å². The summed E-state index contributed by atoms with van der Waals surface area (Å²) >= 11 is 3.21. The Morgan fingerprint density at radius 1 is 1.44 bits per heavy atom. The molecule has 0 aliphatic heterocycles. The maximum absolute atomic E-state index is 9.91. The van der Waals surface area contributed by atoms with Gasteiger partial charge < -0.3 is 20.7 Å². The van der Waals surface area contributed by atoms with Gasteiger partial charge in [-0.1, -0.05) is 15.9 Å². The summed E-state index contributed by atoms with van der Waals surface area (Å²) < 4.78 is 5.04. The van der Waals surface area contributed by atoms with E-state index in [-0.39, 0.29) is 0 Å². The number of aliphatic hydroxyl groups excluding tert-OH is 2. The molecule has 0 aromatic heterocycles. The summed E-state index contributed by atoms with van der Waals surface area (Å²) in [6.45, 7) is 0. The first-order chi connectivity index (χ1) is 7.60. The summed E-state index contributed by atoms with van der Waals surface area (Å²) in [6, 6.07) is 5.00. The van der Waals surface area contributed by atoms with Crippen molar-refractivity contribution in [1.29, 1.82) is 0 Å². The molecule has 0 aliphatic rings. The zero-order valence-electron chi connectivity index (χ0n) is 9.06. The van der Waals surface area contributed by atoms with E-state index in [4.69, 9.17) is 10.5 Å². The number of hydrogen-bond acceptors (Lipinski definition) is 4. The van der Waals surface area contributed by atoms with Crippen LogP contribution in [0.2, 0.25) is 0 Å². The molecule has 16 heavy (non-hydrogen) atoms. The van der Waals surface area contributed by atoms with Crippen molar-refractivity contribution in [1.82, 2.24) is 0 Å². The average Bonchev–Trinajstić information content (AvgIpc) is 2.29. The molecule has 1 aromatic rings.